The molecule has 0 radical (unpaired) electrons. The number of nitrogens with two attached hydrogens (primary N) is 2. The van der Waals surface area contributed by atoms with Crippen molar-refractivity contribution in [2.75, 3.05) is 13.2 Å². The van der Waals surface area contributed by atoms with Crippen molar-refractivity contribution in [2.24, 2.45) is 11.5 Å². The molecule has 0 saturated carbocycles. The smallest absolute Gasteiger partial charge is 0.328 e. The van der Waals surface area contributed by atoms with Crippen molar-refractivity contribution in [3.05, 3.63) is 0 Å². The van der Waals surface area contributed by atoms with E-state index in [9.17, 15) is 34.2 Å². The summed E-state index contributed by atoms with van der Waals surface area (Å²) in [4.78, 5) is 58.9. The molecule has 0 heterocycles. The largest absolute Gasteiger partial charge is 0.481 e. The number of carboxylic acids is 2. The first-order valence-electron chi connectivity index (χ1n) is 9.54. The summed E-state index contributed by atoms with van der Waals surface area (Å²) in [5, 5.41) is 43.0. The van der Waals surface area contributed by atoms with E-state index in [0.717, 1.165) is 6.92 Å². The number of carboxylic acid groups (broad SMARTS) is 2. The van der Waals surface area contributed by atoms with Gasteiger partial charge in [-0.3, -0.25) is 19.2 Å². The van der Waals surface area contributed by atoms with E-state index < -0.39 is 73.0 Å². The summed E-state index contributed by atoms with van der Waals surface area (Å²) in [6.45, 7) is 0.638. The summed E-state index contributed by atoms with van der Waals surface area (Å²) in [7, 11) is 0. The van der Waals surface area contributed by atoms with Gasteiger partial charge in [0, 0.05) is 0 Å². The second-order valence-electron chi connectivity index (χ2n) is 6.86. The van der Waals surface area contributed by atoms with Crippen LogP contribution in [0, 0.1) is 0 Å². The molecule has 0 aliphatic heterocycles. The topological polar surface area (TPSA) is 254 Å². The third-order valence-electron chi connectivity index (χ3n) is 4.18. The van der Waals surface area contributed by atoms with Crippen molar-refractivity contribution in [3.63, 3.8) is 0 Å². The molecule has 0 rings (SSSR count). The van der Waals surface area contributed by atoms with E-state index in [1.54, 1.807) is 0 Å². The standard InChI is InChI=1S/C17H31N5O9/c1-8(24)13(17(30)31)22-15(28)10(6-12(25)26)20-16(29)11(7-23)21-14(27)9(19)4-2-3-5-18/h8-11,13,23-24H,2-7,18-19H2,1H3,(H,20,29)(H,21,27)(H,22,28)(H,25,26)(H,30,31). The Hall–Kier alpha value is -2.81. The predicted molar refractivity (Wildman–Crippen MR) is 105 cm³/mol. The van der Waals surface area contributed by atoms with E-state index in [1.807, 2.05) is 10.6 Å². The van der Waals surface area contributed by atoms with E-state index in [0.29, 0.717) is 19.4 Å². The summed E-state index contributed by atoms with van der Waals surface area (Å²) in [5.41, 5.74) is 11.1. The third-order valence-corrected chi connectivity index (χ3v) is 4.18. The van der Waals surface area contributed by atoms with Gasteiger partial charge in [-0.25, -0.2) is 4.79 Å². The second kappa shape index (κ2) is 14.2. The highest BCUT2D eigenvalue weighted by molar-refractivity contribution is 5.95. The van der Waals surface area contributed by atoms with Crippen LogP contribution in [0.1, 0.15) is 32.6 Å². The van der Waals surface area contributed by atoms with Gasteiger partial charge in [0.2, 0.25) is 17.7 Å². The average Bonchev–Trinajstić information content (AvgIpc) is 2.68. The highest BCUT2D eigenvalue weighted by Gasteiger charge is 2.32. The van der Waals surface area contributed by atoms with Gasteiger partial charge in [-0.15, -0.1) is 0 Å². The summed E-state index contributed by atoms with van der Waals surface area (Å²) in [6, 6.07) is -6.01. The second-order valence-corrected chi connectivity index (χ2v) is 6.86. The minimum absolute atomic E-state index is 0.281. The molecule has 0 aromatic rings. The Morgan fingerprint density at radius 3 is 1.90 bits per heavy atom. The van der Waals surface area contributed by atoms with Crippen LogP contribution in [0.15, 0.2) is 0 Å². The summed E-state index contributed by atoms with van der Waals surface area (Å²) in [6.07, 6.45) is -0.943. The lowest BCUT2D eigenvalue weighted by atomic mass is 10.1. The summed E-state index contributed by atoms with van der Waals surface area (Å²) >= 11 is 0. The van der Waals surface area contributed by atoms with Crippen LogP contribution >= 0.6 is 0 Å². The number of carbonyl (C=O) groups excluding carboxylic acids is 3. The van der Waals surface area contributed by atoms with Gasteiger partial charge in [-0.1, -0.05) is 6.42 Å². The average molecular weight is 449 g/mol. The van der Waals surface area contributed by atoms with Crippen molar-refractivity contribution in [2.45, 2.75) is 62.9 Å². The van der Waals surface area contributed by atoms with Crippen molar-refractivity contribution in [3.8, 4) is 0 Å². The van der Waals surface area contributed by atoms with Gasteiger partial charge in [-0.05, 0) is 26.3 Å². The molecule has 3 amide bonds. The number of aliphatic hydroxyl groups excluding tert-OH is 2. The van der Waals surface area contributed by atoms with Crippen LogP contribution in [0.2, 0.25) is 0 Å². The number of amides is 3. The summed E-state index contributed by atoms with van der Waals surface area (Å²) in [5.74, 6) is -6.09. The first kappa shape index (κ1) is 28.2. The maximum absolute atomic E-state index is 12.4. The predicted octanol–water partition coefficient (Wildman–Crippen LogP) is -4.17. The highest BCUT2D eigenvalue weighted by atomic mass is 16.4. The van der Waals surface area contributed by atoms with Crippen molar-refractivity contribution in [1.29, 1.82) is 0 Å². The van der Waals surface area contributed by atoms with Gasteiger partial charge >= 0.3 is 11.9 Å². The molecule has 0 bridgehead atoms. The quantitative estimate of drug-likeness (QED) is 0.108. The van der Waals surface area contributed by atoms with Crippen molar-refractivity contribution >= 4 is 29.7 Å². The molecule has 31 heavy (non-hydrogen) atoms. The monoisotopic (exact) mass is 449 g/mol. The SMILES string of the molecule is CC(O)C(NC(=O)C(CC(=O)O)NC(=O)C(CO)NC(=O)C(N)CCCCN)C(=O)O. The number of aliphatic hydroxyl groups is 2. The number of nitrogens with one attached hydrogen (secondary N) is 3. The number of hydrogen-bond donors (Lipinski definition) is 9. The van der Waals surface area contributed by atoms with Crippen LogP contribution in [-0.4, -0.2) is 93.5 Å². The minimum Gasteiger partial charge on any atom is -0.481 e. The Morgan fingerprint density at radius 1 is 0.903 bits per heavy atom. The van der Waals surface area contributed by atoms with Crippen molar-refractivity contribution < 1.29 is 44.4 Å². The lowest BCUT2D eigenvalue weighted by Crippen LogP contribution is -2.59. The highest BCUT2D eigenvalue weighted by Crippen LogP contribution is 2.01. The molecule has 178 valence electrons. The number of carbonyl (C=O) groups is 5. The van der Waals surface area contributed by atoms with Crippen LogP contribution in [-0.2, 0) is 24.0 Å². The van der Waals surface area contributed by atoms with Crippen LogP contribution in [0.25, 0.3) is 0 Å². The van der Waals surface area contributed by atoms with Crippen LogP contribution in [0.4, 0.5) is 0 Å². The first-order valence-corrected chi connectivity index (χ1v) is 9.54. The van der Waals surface area contributed by atoms with Gasteiger partial charge < -0.3 is 47.8 Å². The number of rotatable bonds is 15. The van der Waals surface area contributed by atoms with E-state index >= 15 is 0 Å². The zero-order valence-corrected chi connectivity index (χ0v) is 17.1. The number of aliphatic carboxylic acids is 2. The molecule has 0 spiro atoms. The van der Waals surface area contributed by atoms with E-state index in [4.69, 9.17) is 21.7 Å². The Bertz CT molecular complexity index is 643. The molecule has 0 aliphatic rings. The Balaban J connectivity index is 5.17. The van der Waals surface area contributed by atoms with Crippen LogP contribution in [0.3, 0.4) is 0 Å². The van der Waals surface area contributed by atoms with Crippen LogP contribution in [0.5, 0.6) is 0 Å². The fourth-order valence-electron chi connectivity index (χ4n) is 2.41. The number of unbranched alkanes of at least 4 members (excludes halogenated alkanes) is 1. The summed E-state index contributed by atoms with van der Waals surface area (Å²) < 4.78 is 0. The lowest BCUT2D eigenvalue weighted by molar-refractivity contribution is -0.146. The molecular weight excluding hydrogens is 418 g/mol. The molecular formula is C17H31N5O9. The Labute approximate surface area is 178 Å². The third kappa shape index (κ3) is 10.7. The fourth-order valence-corrected chi connectivity index (χ4v) is 2.41. The maximum Gasteiger partial charge on any atom is 0.328 e. The van der Waals surface area contributed by atoms with E-state index in [1.165, 1.54) is 0 Å². The minimum atomic E-state index is -1.75. The molecule has 0 aromatic heterocycles. The molecule has 0 saturated heterocycles. The Morgan fingerprint density at radius 2 is 1.45 bits per heavy atom. The van der Waals surface area contributed by atoms with E-state index in [-0.39, 0.29) is 6.42 Å². The zero-order valence-electron chi connectivity index (χ0n) is 17.1. The molecule has 0 aromatic carbocycles. The first-order chi connectivity index (χ1) is 14.4. The maximum atomic E-state index is 12.4. The van der Waals surface area contributed by atoms with Gasteiger partial charge in [-0.2, -0.15) is 0 Å². The zero-order chi connectivity index (χ0) is 24.1. The van der Waals surface area contributed by atoms with E-state index in [2.05, 4.69) is 5.32 Å². The van der Waals surface area contributed by atoms with Gasteiger partial charge in [0.05, 0.1) is 25.2 Å². The van der Waals surface area contributed by atoms with Gasteiger partial charge in [0.1, 0.15) is 12.1 Å². The fraction of sp³-hybridized carbons (Fsp3) is 0.706. The van der Waals surface area contributed by atoms with Crippen molar-refractivity contribution in [1.82, 2.24) is 16.0 Å². The number of hydrogen-bond acceptors (Lipinski definition) is 9. The molecule has 5 atom stereocenters. The molecule has 11 N–H and O–H groups in total. The Kier molecular flexibility index (Phi) is 12.9. The molecule has 0 fully saturated rings. The van der Waals surface area contributed by atoms with Gasteiger partial charge in [0.25, 0.3) is 0 Å². The molecule has 5 unspecified atom stereocenters. The van der Waals surface area contributed by atoms with Gasteiger partial charge in [0.15, 0.2) is 6.04 Å². The molecule has 14 nitrogen and oxygen atoms in total. The molecule has 0 aliphatic carbocycles. The van der Waals surface area contributed by atoms with Crippen LogP contribution < -0.4 is 27.4 Å². The molecule has 14 heteroatoms. The lowest BCUT2D eigenvalue weighted by Gasteiger charge is -2.24. The normalized spacial score (nSPS) is 15.6.